The average Bonchev–Trinajstić information content (AvgIpc) is 2.46. The maximum Gasteiger partial charge on any atom is 0.0735 e. The highest BCUT2D eigenvalue weighted by Gasteiger charge is 2.42. The van der Waals surface area contributed by atoms with E-state index >= 15 is 0 Å². The van der Waals surface area contributed by atoms with Crippen LogP contribution in [0.2, 0.25) is 0 Å². The molecule has 0 amide bonds. The number of alkyl halides is 1. The van der Waals surface area contributed by atoms with Crippen molar-refractivity contribution in [1.82, 2.24) is 0 Å². The van der Waals surface area contributed by atoms with Gasteiger partial charge in [0, 0.05) is 16.3 Å². The molecule has 11 heavy (non-hydrogen) atoms. The van der Waals surface area contributed by atoms with Gasteiger partial charge in [-0.1, -0.05) is 28.8 Å². The van der Waals surface area contributed by atoms with E-state index in [-0.39, 0.29) is 0 Å². The summed E-state index contributed by atoms with van der Waals surface area (Å²) in [7, 11) is 0. The molecule has 0 aromatic heterocycles. The summed E-state index contributed by atoms with van der Waals surface area (Å²) in [4.78, 5) is 0.779. The molecule has 1 heterocycles. The fourth-order valence-corrected chi connectivity index (χ4v) is 6.58. The molecular formula is C8H13BrS2. The molecule has 1 saturated carbocycles. The number of rotatable bonds is 0. The molecule has 0 aromatic rings. The standard InChI is InChI=1S/C8H13BrS2/c9-7-3-1-2-4-8(7)10-5-6-11-8/h7H,1-6H2. The second-order valence-electron chi connectivity index (χ2n) is 3.22. The highest BCUT2D eigenvalue weighted by Crippen LogP contribution is 2.55. The first-order chi connectivity index (χ1) is 5.33. The van der Waals surface area contributed by atoms with Gasteiger partial charge in [-0.3, -0.25) is 0 Å². The lowest BCUT2D eigenvalue weighted by molar-refractivity contribution is 0.510. The summed E-state index contributed by atoms with van der Waals surface area (Å²) >= 11 is 8.21. The summed E-state index contributed by atoms with van der Waals surface area (Å²) in [5.74, 6) is 2.74. The van der Waals surface area contributed by atoms with Crippen LogP contribution in [0.1, 0.15) is 25.7 Å². The fourth-order valence-electron chi connectivity index (χ4n) is 1.87. The van der Waals surface area contributed by atoms with Gasteiger partial charge in [-0.2, -0.15) is 0 Å². The molecule has 0 nitrogen and oxygen atoms in total. The van der Waals surface area contributed by atoms with Gasteiger partial charge in [-0.15, -0.1) is 23.5 Å². The number of halogens is 1. The quantitative estimate of drug-likeness (QED) is 0.606. The molecule has 1 atom stereocenters. The van der Waals surface area contributed by atoms with Gasteiger partial charge in [0.25, 0.3) is 0 Å². The van der Waals surface area contributed by atoms with Crippen LogP contribution in [-0.4, -0.2) is 20.4 Å². The molecule has 1 aliphatic carbocycles. The molecule has 64 valence electrons. The van der Waals surface area contributed by atoms with Crippen LogP contribution in [0, 0.1) is 0 Å². The first-order valence-corrected chi connectivity index (χ1v) is 7.14. The zero-order valence-electron chi connectivity index (χ0n) is 6.51. The van der Waals surface area contributed by atoms with Crippen LogP contribution in [0.3, 0.4) is 0 Å². The Labute approximate surface area is 85.4 Å². The van der Waals surface area contributed by atoms with Crippen molar-refractivity contribution in [2.24, 2.45) is 0 Å². The van der Waals surface area contributed by atoms with Crippen LogP contribution in [-0.2, 0) is 0 Å². The molecule has 1 unspecified atom stereocenters. The maximum atomic E-state index is 3.83. The Morgan fingerprint density at radius 1 is 1.18 bits per heavy atom. The van der Waals surface area contributed by atoms with Crippen LogP contribution in [0.15, 0.2) is 0 Å². The average molecular weight is 253 g/mol. The first kappa shape index (κ1) is 8.76. The van der Waals surface area contributed by atoms with Crippen molar-refractivity contribution in [3.63, 3.8) is 0 Å². The van der Waals surface area contributed by atoms with Crippen molar-refractivity contribution in [1.29, 1.82) is 0 Å². The summed E-state index contributed by atoms with van der Waals surface area (Å²) in [5, 5.41) is 0. The third-order valence-electron chi connectivity index (χ3n) is 2.49. The van der Waals surface area contributed by atoms with Crippen molar-refractivity contribution in [2.45, 2.75) is 34.6 Å². The lowest BCUT2D eigenvalue weighted by Crippen LogP contribution is -2.32. The normalized spacial score (nSPS) is 36.3. The van der Waals surface area contributed by atoms with E-state index in [1.165, 1.54) is 37.2 Å². The molecule has 0 N–H and O–H groups in total. The van der Waals surface area contributed by atoms with Gasteiger partial charge in [-0.05, 0) is 12.8 Å². The zero-order chi connectivity index (χ0) is 7.73. The third kappa shape index (κ3) is 1.61. The number of hydrogen-bond acceptors (Lipinski definition) is 2. The molecule has 2 aliphatic rings. The van der Waals surface area contributed by atoms with E-state index in [2.05, 4.69) is 39.5 Å². The highest BCUT2D eigenvalue weighted by atomic mass is 79.9. The van der Waals surface area contributed by atoms with Gasteiger partial charge in [0.15, 0.2) is 0 Å². The number of thioether (sulfide) groups is 2. The highest BCUT2D eigenvalue weighted by molar-refractivity contribution is 9.09. The largest absolute Gasteiger partial charge is 0.142 e. The lowest BCUT2D eigenvalue weighted by atomic mass is 9.99. The van der Waals surface area contributed by atoms with Gasteiger partial charge >= 0.3 is 0 Å². The molecule has 0 radical (unpaired) electrons. The van der Waals surface area contributed by atoms with Crippen LogP contribution in [0.4, 0.5) is 0 Å². The minimum absolute atomic E-state index is 0.582. The second kappa shape index (κ2) is 3.51. The van der Waals surface area contributed by atoms with E-state index in [0.717, 1.165) is 4.83 Å². The Kier molecular flexibility index (Phi) is 2.79. The molecule has 0 aromatic carbocycles. The van der Waals surface area contributed by atoms with Gasteiger partial charge in [0.2, 0.25) is 0 Å². The van der Waals surface area contributed by atoms with Gasteiger partial charge in [0.1, 0.15) is 0 Å². The Morgan fingerprint density at radius 3 is 2.55 bits per heavy atom. The summed E-state index contributed by atoms with van der Waals surface area (Å²) in [6.45, 7) is 0. The zero-order valence-corrected chi connectivity index (χ0v) is 9.73. The van der Waals surface area contributed by atoms with Crippen molar-refractivity contribution in [2.75, 3.05) is 11.5 Å². The second-order valence-corrected chi connectivity index (χ2v) is 7.44. The van der Waals surface area contributed by atoms with Crippen LogP contribution >= 0.6 is 39.5 Å². The third-order valence-corrected chi connectivity index (χ3v) is 8.07. The van der Waals surface area contributed by atoms with Gasteiger partial charge in [0.05, 0.1) is 4.08 Å². The van der Waals surface area contributed by atoms with Crippen LogP contribution in [0.5, 0.6) is 0 Å². The lowest BCUT2D eigenvalue weighted by Gasteiger charge is -2.36. The van der Waals surface area contributed by atoms with E-state index in [0.29, 0.717) is 4.08 Å². The molecule has 2 fully saturated rings. The summed E-state index contributed by atoms with van der Waals surface area (Å²) < 4.78 is 0.582. The first-order valence-electron chi connectivity index (χ1n) is 4.25. The SMILES string of the molecule is BrC1CCCCC12SCCS2. The predicted octanol–water partition coefficient (Wildman–Crippen LogP) is 3.50. The molecule has 1 spiro atoms. The number of hydrogen-bond donors (Lipinski definition) is 0. The topological polar surface area (TPSA) is 0 Å². The fraction of sp³-hybridized carbons (Fsp3) is 1.00. The minimum Gasteiger partial charge on any atom is -0.142 e. The molecule has 1 saturated heterocycles. The van der Waals surface area contributed by atoms with Crippen molar-refractivity contribution in [3.05, 3.63) is 0 Å². The van der Waals surface area contributed by atoms with Gasteiger partial charge < -0.3 is 0 Å². The van der Waals surface area contributed by atoms with Crippen molar-refractivity contribution >= 4 is 39.5 Å². The molecule has 0 bridgehead atoms. The van der Waals surface area contributed by atoms with E-state index in [4.69, 9.17) is 0 Å². The van der Waals surface area contributed by atoms with E-state index in [9.17, 15) is 0 Å². The van der Waals surface area contributed by atoms with Crippen molar-refractivity contribution in [3.8, 4) is 0 Å². The van der Waals surface area contributed by atoms with E-state index in [1.54, 1.807) is 0 Å². The predicted molar refractivity (Wildman–Crippen MR) is 58.8 cm³/mol. The monoisotopic (exact) mass is 252 g/mol. The van der Waals surface area contributed by atoms with Crippen molar-refractivity contribution < 1.29 is 0 Å². The maximum absolute atomic E-state index is 3.83. The Bertz CT molecular complexity index is 143. The molecule has 1 aliphatic heterocycles. The van der Waals surface area contributed by atoms with Gasteiger partial charge in [-0.25, -0.2) is 0 Å². The van der Waals surface area contributed by atoms with E-state index in [1.807, 2.05) is 0 Å². The van der Waals surface area contributed by atoms with Crippen LogP contribution in [0.25, 0.3) is 0 Å². The Hall–Kier alpha value is 1.18. The summed E-state index contributed by atoms with van der Waals surface area (Å²) in [6.07, 6.45) is 5.69. The van der Waals surface area contributed by atoms with E-state index < -0.39 is 0 Å². The molecular weight excluding hydrogens is 240 g/mol. The summed E-state index contributed by atoms with van der Waals surface area (Å²) in [5.41, 5.74) is 0. The Morgan fingerprint density at radius 2 is 1.91 bits per heavy atom. The molecule has 3 heteroatoms. The summed E-state index contributed by atoms with van der Waals surface area (Å²) in [6, 6.07) is 0. The Balaban J connectivity index is 2.07. The molecule has 2 rings (SSSR count). The minimum atomic E-state index is 0.582. The van der Waals surface area contributed by atoms with Crippen LogP contribution < -0.4 is 0 Å². The smallest absolute Gasteiger partial charge is 0.0735 e.